The fourth-order valence-electron chi connectivity index (χ4n) is 3.37. The monoisotopic (exact) mass is 544 g/mol. The molecule has 2 aromatic rings. The summed E-state index contributed by atoms with van der Waals surface area (Å²) in [6.45, 7) is 0.935. The van der Waals surface area contributed by atoms with Gasteiger partial charge < -0.3 is 4.90 Å². The summed E-state index contributed by atoms with van der Waals surface area (Å²) < 4.78 is 28.0. The van der Waals surface area contributed by atoms with E-state index < -0.39 is 10.0 Å². The first kappa shape index (κ1) is 22.4. The van der Waals surface area contributed by atoms with Crippen LogP contribution in [0.5, 0.6) is 0 Å². The molecule has 12 heteroatoms. The van der Waals surface area contributed by atoms with E-state index in [4.69, 9.17) is 11.6 Å². The van der Waals surface area contributed by atoms with Crippen molar-refractivity contribution in [3.05, 3.63) is 45.2 Å². The quantitative estimate of drug-likeness (QED) is 0.590. The molecule has 0 N–H and O–H groups in total. The first-order chi connectivity index (χ1) is 14.8. The molecule has 164 valence electrons. The molecular weight excluding hydrogens is 528 g/mol. The highest BCUT2D eigenvalue weighted by Gasteiger charge is 2.34. The van der Waals surface area contributed by atoms with E-state index in [1.54, 1.807) is 41.3 Å². The summed E-state index contributed by atoms with van der Waals surface area (Å²) in [7, 11) is -3.58. The van der Waals surface area contributed by atoms with Crippen LogP contribution in [0.3, 0.4) is 0 Å². The predicted octanol–water partition coefficient (Wildman–Crippen LogP) is 3.18. The zero-order chi connectivity index (χ0) is 22.2. The third kappa shape index (κ3) is 4.70. The van der Waals surface area contributed by atoms with Gasteiger partial charge in [0.2, 0.25) is 5.91 Å². The maximum Gasteiger partial charge on any atom is 0.270 e. The maximum absolute atomic E-state index is 13.0. The topological polar surface area (TPSA) is 90.4 Å². The number of benzene rings is 1. The van der Waals surface area contributed by atoms with Crippen LogP contribution in [0.1, 0.15) is 12.8 Å². The largest absolute Gasteiger partial charge is 0.335 e. The molecule has 0 spiro atoms. The van der Waals surface area contributed by atoms with Crippen LogP contribution in [0.25, 0.3) is 0 Å². The number of sulfonamides is 1. The lowest BCUT2D eigenvalue weighted by Gasteiger charge is -2.34. The minimum atomic E-state index is -3.58. The average molecular weight is 546 g/mol. The standard InChI is InChI=1S/C19H18BrClN4O4S2/c20-16-6-8-18(30-16)31(28,29)24-11-9-23(10-12-24)19(27)15-5-7-17(26)25(22-15)14-3-1-13(21)2-4-14/h1-4,6,8H,5,7,9-12H2. The fourth-order valence-corrected chi connectivity index (χ4v) is 7.08. The van der Waals surface area contributed by atoms with Crippen LogP contribution in [-0.2, 0) is 19.6 Å². The van der Waals surface area contributed by atoms with Crippen molar-refractivity contribution < 1.29 is 18.0 Å². The molecule has 8 nitrogen and oxygen atoms in total. The molecule has 0 atom stereocenters. The number of carbonyl (C=O) groups excluding carboxylic acids is 2. The van der Waals surface area contributed by atoms with Gasteiger partial charge in [-0.1, -0.05) is 11.6 Å². The number of rotatable bonds is 4. The Labute approximate surface area is 197 Å². The number of hydrogen-bond donors (Lipinski definition) is 0. The number of nitrogens with zero attached hydrogens (tertiary/aromatic N) is 4. The Bertz CT molecular complexity index is 1140. The molecule has 2 aliphatic heterocycles. The zero-order valence-corrected chi connectivity index (χ0v) is 20.2. The molecule has 31 heavy (non-hydrogen) atoms. The molecule has 0 saturated carbocycles. The van der Waals surface area contributed by atoms with E-state index in [1.165, 1.54) is 9.31 Å². The third-order valence-electron chi connectivity index (χ3n) is 5.02. The van der Waals surface area contributed by atoms with Gasteiger partial charge in [0.05, 0.1) is 9.47 Å². The van der Waals surface area contributed by atoms with Gasteiger partial charge in [0, 0.05) is 44.0 Å². The highest BCUT2D eigenvalue weighted by molar-refractivity contribution is 9.11. The molecule has 1 aromatic heterocycles. The minimum absolute atomic E-state index is 0.175. The first-order valence-corrected chi connectivity index (χ1v) is 12.9. The SMILES string of the molecule is O=C(C1=NN(c2ccc(Cl)cc2)C(=O)CC1)N1CCN(S(=O)(=O)c2ccc(Br)s2)CC1. The predicted molar refractivity (Wildman–Crippen MR) is 123 cm³/mol. The smallest absolute Gasteiger partial charge is 0.270 e. The van der Waals surface area contributed by atoms with Gasteiger partial charge in [-0.05, 0) is 52.3 Å². The molecule has 0 radical (unpaired) electrons. The maximum atomic E-state index is 13.0. The molecule has 2 amide bonds. The van der Waals surface area contributed by atoms with Crippen LogP contribution < -0.4 is 5.01 Å². The first-order valence-electron chi connectivity index (χ1n) is 9.46. The Morgan fingerprint density at radius 2 is 1.71 bits per heavy atom. The second-order valence-corrected chi connectivity index (χ2v) is 12.0. The molecule has 1 aromatic carbocycles. The van der Waals surface area contributed by atoms with Crippen LogP contribution in [0.4, 0.5) is 5.69 Å². The van der Waals surface area contributed by atoms with Crippen molar-refractivity contribution in [2.45, 2.75) is 17.1 Å². The summed E-state index contributed by atoms with van der Waals surface area (Å²) >= 11 is 10.3. The Hall–Kier alpha value is -1.79. The van der Waals surface area contributed by atoms with Crippen LogP contribution in [0, 0.1) is 0 Å². The molecule has 3 heterocycles. The van der Waals surface area contributed by atoms with E-state index in [0.717, 1.165) is 15.1 Å². The normalized spacial score (nSPS) is 18.3. The van der Waals surface area contributed by atoms with Crippen molar-refractivity contribution in [2.24, 2.45) is 5.10 Å². The zero-order valence-electron chi connectivity index (χ0n) is 16.2. The number of hydrazone groups is 1. The Morgan fingerprint density at radius 1 is 1.03 bits per heavy atom. The summed E-state index contributed by atoms with van der Waals surface area (Å²) in [6, 6.07) is 9.92. The third-order valence-corrected chi connectivity index (χ3v) is 9.26. The van der Waals surface area contributed by atoms with E-state index in [1.807, 2.05) is 0 Å². The number of amides is 2. The molecule has 4 rings (SSSR count). The van der Waals surface area contributed by atoms with Gasteiger partial charge in [-0.3, -0.25) is 9.59 Å². The Morgan fingerprint density at radius 3 is 2.32 bits per heavy atom. The van der Waals surface area contributed by atoms with Crippen molar-refractivity contribution in [3.8, 4) is 0 Å². The van der Waals surface area contributed by atoms with E-state index in [2.05, 4.69) is 21.0 Å². The van der Waals surface area contributed by atoms with Crippen LogP contribution >= 0.6 is 38.9 Å². The number of thiophene rings is 1. The molecular formula is C19H18BrClN4O4S2. The number of halogens is 2. The summed E-state index contributed by atoms with van der Waals surface area (Å²) in [6.07, 6.45) is 0.429. The highest BCUT2D eigenvalue weighted by Crippen LogP contribution is 2.29. The van der Waals surface area contributed by atoms with Gasteiger partial charge in [0.15, 0.2) is 0 Å². The van der Waals surface area contributed by atoms with E-state index in [9.17, 15) is 18.0 Å². The molecule has 1 saturated heterocycles. The summed E-state index contributed by atoms with van der Waals surface area (Å²) in [5.41, 5.74) is 0.825. The van der Waals surface area contributed by atoms with E-state index >= 15 is 0 Å². The average Bonchev–Trinajstić information content (AvgIpc) is 3.22. The highest BCUT2D eigenvalue weighted by atomic mass is 79.9. The second-order valence-electron chi connectivity index (χ2n) is 6.98. The molecule has 0 bridgehead atoms. The van der Waals surface area contributed by atoms with Gasteiger partial charge in [-0.15, -0.1) is 11.3 Å². The van der Waals surface area contributed by atoms with Crippen LogP contribution in [0.2, 0.25) is 5.02 Å². The molecule has 2 aliphatic rings. The van der Waals surface area contributed by atoms with E-state index in [-0.39, 0.29) is 60.8 Å². The van der Waals surface area contributed by atoms with Crippen LogP contribution in [-0.4, -0.2) is 61.3 Å². The summed E-state index contributed by atoms with van der Waals surface area (Å²) in [5.74, 6) is -0.473. The summed E-state index contributed by atoms with van der Waals surface area (Å²) in [4.78, 5) is 26.9. The van der Waals surface area contributed by atoms with Gasteiger partial charge in [-0.2, -0.15) is 9.41 Å². The lowest BCUT2D eigenvalue weighted by molar-refractivity contribution is -0.125. The fraction of sp³-hybridized carbons (Fsp3) is 0.316. The number of hydrogen-bond acceptors (Lipinski definition) is 6. The minimum Gasteiger partial charge on any atom is -0.335 e. The van der Waals surface area contributed by atoms with Gasteiger partial charge in [0.25, 0.3) is 15.9 Å². The lowest BCUT2D eigenvalue weighted by Crippen LogP contribution is -2.52. The Kier molecular flexibility index (Phi) is 6.50. The summed E-state index contributed by atoms with van der Waals surface area (Å²) in [5, 5.41) is 6.05. The number of piperazine rings is 1. The van der Waals surface area contributed by atoms with Crippen LogP contribution in [0.15, 0.2) is 49.5 Å². The van der Waals surface area contributed by atoms with Crippen molar-refractivity contribution >= 4 is 72.1 Å². The molecule has 0 unspecified atom stereocenters. The van der Waals surface area contributed by atoms with Crippen molar-refractivity contribution in [3.63, 3.8) is 0 Å². The number of carbonyl (C=O) groups is 2. The second kappa shape index (κ2) is 8.99. The Balaban J connectivity index is 1.45. The van der Waals surface area contributed by atoms with Crippen molar-refractivity contribution in [1.82, 2.24) is 9.21 Å². The molecule has 1 fully saturated rings. The van der Waals surface area contributed by atoms with Gasteiger partial charge in [-0.25, -0.2) is 13.4 Å². The van der Waals surface area contributed by atoms with E-state index in [0.29, 0.717) is 10.7 Å². The van der Waals surface area contributed by atoms with Gasteiger partial charge >= 0.3 is 0 Å². The number of anilines is 1. The van der Waals surface area contributed by atoms with Gasteiger partial charge in [0.1, 0.15) is 9.92 Å². The van der Waals surface area contributed by atoms with Crippen molar-refractivity contribution in [2.75, 3.05) is 31.2 Å². The van der Waals surface area contributed by atoms with Crippen molar-refractivity contribution in [1.29, 1.82) is 0 Å². The lowest BCUT2D eigenvalue weighted by atomic mass is 10.1. The molecule has 0 aliphatic carbocycles.